The molecule has 2 aromatic rings. The summed E-state index contributed by atoms with van der Waals surface area (Å²) < 4.78 is 11.8. The molecular weight excluding hydrogens is 432 g/mol. The number of fused-ring (bicyclic) bond motifs is 1. The molecule has 2 aliphatic heterocycles. The van der Waals surface area contributed by atoms with E-state index in [1.807, 2.05) is 48.5 Å². The molecule has 2 aromatic carbocycles. The molecule has 1 fully saturated rings. The number of ketones is 1. The van der Waals surface area contributed by atoms with E-state index in [0.717, 1.165) is 44.8 Å². The van der Waals surface area contributed by atoms with Crippen molar-refractivity contribution in [3.63, 3.8) is 0 Å². The molecule has 0 amide bonds. The molecular formula is C20H17BrO3S2. The van der Waals surface area contributed by atoms with Gasteiger partial charge in [0.25, 0.3) is 0 Å². The van der Waals surface area contributed by atoms with E-state index in [1.165, 1.54) is 0 Å². The van der Waals surface area contributed by atoms with Crippen LogP contribution in [0.25, 0.3) is 11.6 Å². The predicted molar refractivity (Wildman–Crippen MR) is 113 cm³/mol. The summed E-state index contributed by atoms with van der Waals surface area (Å²) in [6, 6.07) is 13.7. The van der Waals surface area contributed by atoms with Gasteiger partial charge in [0.05, 0.1) is 0 Å². The fourth-order valence-electron chi connectivity index (χ4n) is 2.88. The zero-order chi connectivity index (χ0) is 17.9. The van der Waals surface area contributed by atoms with E-state index in [-0.39, 0.29) is 17.2 Å². The molecule has 1 saturated heterocycles. The van der Waals surface area contributed by atoms with E-state index in [0.29, 0.717) is 5.75 Å². The molecule has 4 rings (SSSR count). The Morgan fingerprint density at radius 2 is 1.77 bits per heavy atom. The lowest BCUT2D eigenvalue weighted by Crippen LogP contribution is -2.19. The second-order valence-corrected chi connectivity index (χ2v) is 9.52. The van der Waals surface area contributed by atoms with Crippen molar-refractivity contribution in [2.24, 2.45) is 0 Å². The maximum Gasteiger partial charge on any atom is 0.231 e. The van der Waals surface area contributed by atoms with Crippen molar-refractivity contribution in [1.82, 2.24) is 0 Å². The van der Waals surface area contributed by atoms with Crippen LogP contribution in [0.1, 0.15) is 17.5 Å². The largest absolute Gasteiger partial charge is 0.454 e. The van der Waals surface area contributed by atoms with Gasteiger partial charge in [0.15, 0.2) is 17.3 Å². The molecule has 6 heteroatoms. The Labute approximate surface area is 169 Å². The number of allylic oxidation sites excluding steroid dienone is 1. The minimum absolute atomic E-state index is 0.0389. The van der Waals surface area contributed by atoms with Gasteiger partial charge < -0.3 is 9.47 Å². The fourth-order valence-corrected chi connectivity index (χ4v) is 6.07. The number of Topliss-reactive ketones (excluding diaryl/α,β-unsaturated/α-hetero) is 1. The van der Waals surface area contributed by atoms with Crippen LogP contribution in [0.4, 0.5) is 0 Å². The van der Waals surface area contributed by atoms with Gasteiger partial charge in [0, 0.05) is 10.0 Å². The van der Waals surface area contributed by atoms with Gasteiger partial charge in [-0.2, -0.15) is 0 Å². The topological polar surface area (TPSA) is 35.5 Å². The van der Waals surface area contributed by atoms with Crippen LogP contribution in [-0.2, 0) is 4.79 Å². The van der Waals surface area contributed by atoms with Crippen molar-refractivity contribution in [3.05, 3.63) is 58.1 Å². The Morgan fingerprint density at radius 3 is 2.50 bits per heavy atom. The maximum absolute atomic E-state index is 13.3. The molecule has 2 aliphatic rings. The standard InChI is InChI=1S/C20H17BrO3S2/c21-16-11-18-17(23-12-24-18)10-14(16)9-15(13-5-2-1-3-6-13)19(22)20-25-7-4-8-26-20/h1-3,5-6,9-11,20H,4,7-8,12H2/b15-9+. The molecule has 0 radical (unpaired) electrons. The number of hydrogen-bond acceptors (Lipinski definition) is 5. The maximum atomic E-state index is 13.3. The van der Waals surface area contributed by atoms with Crippen molar-refractivity contribution in [2.75, 3.05) is 18.3 Å². The molecule has 0 unspecified atom stereocenters. The summed E-state index contributed by atoms with van der Waals surface area (Å²) in [7, 11) is 0. The molecule has 134 valence electrons. The van der Waals surface area contributed by atoms with Gasteiger partial charge in [0.2, 0.25) is 6.79 Å². The van der Waals surface area contributed by atoms with Crippen LogP contribution in [-0.4, -0.2) is 28.7 Å². The summed E-state index contributed by atoms with van der Waals surface area (Å²) >= 11 is 7.08. The highest BCUT2D eigenvalue weighted by Crippen LogP contribution is 2.40. The Balaban J connectivity index is 1.75. The fraction of sp³-hybridized carbons (Fsp3) is 0.250. The summed E-state index contributed by atoms with van der Waals surface area (Å²) in [6.45, 7) is 0.231. The normalized spacial score (nSPS) is 17.3. The summed E-state index contributed by atoms with van der Waals surface area (Å²) in [6.07, 6.45) is 3.12. The number of hydrogen-bond donors (Lipinski definition) is 0. The first-order valence-corrected chi connectivity index (χ1v) is 11.2. The number of carbonyl (C=O) groups excluding carboxylic acids is 1. The molecule has 0 atom stereocenters. The average molecular weight is 449 g/mol. The van der Waals surface area contributed by atoms with Crippen LogP contribution in [0.5, 0.6) is 11.5 Å². The van der Waals surface area contributed by atoms with Gasteiger partial charge in [-0.1, -0.05) is 46.3 Å². The molecule has 0 spiro atoms. The first kappa shape index (κ1) is 18.0. The summed E-state index contributed by atoms with van der Waals surface area (Å²) in [5.74, 6) is 3.69. The Kier molecular flexibility index (Phi) is 5.62. The van der Waals surface area contributed by atoms with Gasteiger partial charge >= 0.3 is 0 Å². The first-order chi connectivity index (χ1) is 12.7. The average Bonchev–Trinajstić information content (AvgIpc) is 3.14. The van der Waals surface area contributed by atoms with Crippen LogP contribution < -0.4 is 9.47 Å². The summed E-state index contributed by atoms with van der Waals surface area (Å²) in [4.78, 5) is 13.3. The number of ether oxygens (including phenoxy) is 2. The van der Waals surface area contributed by atoms with Gasteiger partial charge in [-0.05, 0) is 47.3 Å². The second kappa shape index (κ2) is 8.11. The predicted octanol–water partition coefficient (Wildman–Crippen LogP) is 5.48. The van der Waals surface area contributed by atoms with Crippen molar-refractivity contribution in [3.8, 4) is 11.5 Å². The van der Waals surface area contributed by atoms with Crippen LogP contribution in [0, 0.1) is 0 Å². The molecule has 26 heavy (non-hydrogen) atoms. The van der Waals surface area contributed by atoms with E-state index in [9.17, 15) is 4.79 Å². The molecule has 0 N–H and O–H groups in total. The van der Waals surface area contributed by atoms with E-state index < -0.39 is 0 Å². The lowest BCUT2D eigenvalue weighted by Gasteiger charge is -2.21. The molecule has 3 nitrogen and oxygen atoms in total. The third kappa shape index (κ3) is 3.82. The lowest BCUT2D eigenvalue weighted by atomic mass is 9.99. The molecule has 0 aliphatic carbocycles. The van der Waals surface area contributed by atoms with Crippen LogP contribution in [0.2, 0.25) is 0 Å². The monoisotopic (exact) mass is 448 g/mol. The van der Waals surface area contributed by atoms with Crippen LogP contribution >= 0.6 is 39.5 Å². The highest BCUT2D eigenvalue weighted by molar-refractivity contribution is 9.10. The van der Waals surface area contributed by atoms with Crippen LogP contribution in [0.3, 0.4) is 0 Å². The quantitative estimate of drug-likeness (QED) is 0.456. The zero-order valence-electron chi connectivity index (χ0n) is 13.9. The van der Waals surface area contributed by atoms with E-state index >= 15 is 0 Å². The van der Waals surface area contributed by atoms with Gasteiger partial charge in [-0.3, -0.25) is 4.79 Å². The number of benzene rings is 2. The number of halogens is 1. The van der Waals surface area contributed by atoms with E-state index in [1.54, 1.807) is 23.5 Å². The first-order valence-electron chi connectivity index (χ1n) is 8.36. The summed E-state index contributed by atoms with van der Waals surface area (Å²) in [5.41, 5.74) is 2.58. The smallest absolute Gasteiger partial charge is 0.231 e. The molecule has 2 heterocycles. The SMILES string of the molecule is O=C(/C(=C/c1cc2c(cc1Br)OCO2)c1ccccc1)C1SCCCS1. The number of carbonyl (C=O) groups is 1. The van der Waals surface area contributed by atoms with E-state index in [2.05, 4.69) is 15.9 Å². The molecule has 0 saturated carbocycles. The highest BCUT2D eigenvalue weighted by Gasteiger charge is 2.26. The Bertz CT molecular complexity index is 846. The lowest BCUT2D eigenvalue weighted by molar-refractivity contribution is -0.112. The minimum atomic E-state index is -0.0389. The zero-order valence-corrected chi connectivity index (χ0v) is 17.2. The van der Waals surface area contributed by atoms with Crippen molar-refractivity contribution in [2.45, 2.75) is 11.0 Å². The van der Waals surface area contributed by atoms with Crippen molar-refractivity contribution in [1.29, 1.82) is 0 Å². The molecule has 0 bridgehead atoms. The second-order valence-electron chi connectivity index (χ2n) is 5.94. The van der Waals surface area contributed by atoms with Gasteiger partial charge in [-0.25, -0.2) is 0 Å². The summed E-state index contributed by atoms with van der Waals surface area (Å²) in [5, 5.41) is 0. The van der Waals surface area contributed by atoms with Gasteiger partial charge in [-0.15, -0.1) is 23.5 Å². The van der Waals surface area contributed by atoms with Gasteiger partial charge in [0.1, 0.15) is 4.58 Å². The number of thioether (sulfide) groups is 2. The van der Waals surface area contributed by atoms with Crippen molar-refractivity contribution >= 4 is 56.9 Å². The van der Waals surface area contributed by atoms with Crippen LogP contribution in [0.15, 0.2) is 46.9 Å². The molecule has 0 aromatic heterocycles. The number of rotatable bonds is 4. The Morgan fingerprint density at radius 1 is 1.08 bits per heavy atom. The minimum Gasteiger partial charge on any atom is -0.454 e. The highest BCUT2D eigenvalue weighted by atomic mass is 79.9. The Hall–Kier alpha value is -1.37. The third-order valence-electron chi connectivity index (χ3n) is 4.18. The van der Waals surface area contributed by atoms with Crippen molar-refractivity contribution < 1.29 is 14.3 Å². The van der Waals surface area contributed by atoms with E-state index in [4.69, 9.17) is 9.47 Å². The third-order valence-corrected chi connectivity index (χ3v) is 7.77.